The molecule has 1 amide bonds. The van der Waals surface area contributed by atoms with E-state index in [-0.39, 0.29) is 5.91 Å². The van der Waals surface area contributed by atoms with Crippen LogP contribution in [0, 0.1) is 12.3 Å². The van der Waals surface area contributed by atoms with Gasteiger partial charge in [0.15, 0.2) is 0 Å². The molecule has 0 radical (unpaired) electrons. The number of aromatic amines is 1. The van der Waals surface area contributed by atoms with Gasteiger partial charge < -0.3 is 16.5 Å². The number of benzene rings is 1. The molecule has 0 atom stereocenters. The van der Waals surface area contributed by atoms with E-state index in [0.29, 0.717) is 6.54 Å². The normalized spacial score (nSPS) is 11.4. The zero-order chi connectivity index (χ0) is 15.2. The van der Waals surface area contributed by atoms with Crippen molar-refractivity contribution in [1.82, 2.24) is 4.98 Å². The monoisotopic (exact) mass is 273 g/mol. The Hall–Kier alpha value is -2.07. The third-order valence-corrected chi connectivity index (χ3v) is 3.10. The lowest BCUT2D eigenvalue weighted by molar-refractivity contribution is -0.123. The number of nitrogens with one attached hydrogen (secondary N) is 1. The summed E-state index contributed by atoms with van der Waals surface area (Å²) in [4.78, 5) is 13.8. The maximum absolute atomic E-state index is 10.7. The predicted molar refractivity (Wildman–Crippen MR) is 84.2 cm³/mol. The molecule has 1 heterocycles. The van der Waals surface area contributed by atoms with E-state index >= 15 is 0 Å². The Morgan fingerprint density at radius 1 is 1.35 bits per heavy atom. The second-order valence-corrected chi connectivity index (χ2v) is 5.24. The van der Waals surface area contributed by atoms with E-state index in [4.69, 9.17) is 11.5 Å². The molecule has 108 valence electrons. The van der Waals surface area contributed by atoms with Crippen LogP contribution in [0.5, 0.6) is 0 Å². The molecule has 0 aliphatic rings. The minimum atomic E-state index is -0.570. The summed E-state index contributed by atoms with van der Waals surface area (Å²) in [5, 5.41) is 1.32. The highest BCUT2D eigenvalue weighted by molar-refractivity contribution is 5.82. The summed E-state index contributed by atoms with van der Waals surface area (Å²) in [6.45, 7) is 6.05. The fourth-order valence-corrected chi connectivity index (χ4v) is 1.66. The average Bonchev–Trinajstić information content (AvgIpc) is 2.79. The Labute approximate surface area is 119 Å². The molecule has 0 fully saturated rings. The maximum atomic E-state index is 10.7. The fraction of sp³-hybridized carbons (Fsp3) is 0.312. The quantitative estimate of drug-likeness (QED) is 0.750. The number of aromatic nitrogens is 1. The van der Waals surface area contributed by atoms with E-state index < -0.39 is 5.41 Å². The van der Waals surface area contributed by atoms with Gasteiger partial charge in [-0.2, -0.15) is 0 Å². The summed E-state index contributed by atoms with van der Waals surface area (Å²) in [5.74, 6) is -0.336. The molecule has 2 aromatic rings. The first-order chi connectivity index (χ1) is 9.38. The number of aryl methyl sites for hydroxylation is 1. The molecule has 2 rings (SSSR count). The maximum Gasteiger partial charge on any atom is 0.226 e. The number of amides is 1. The zero-order valence-electron chi connectivity index (χ0n) is 12.3. The van der Waals surface area contributed by atoms with Crippen LogP contribution in [0.2, 0.25) is 0 Å². The molecule has 0 bridgehead atoms. The smallest absolute Gasteiger partial charge is 0.226 e. The van der Waals surface area contributed by atoms with Gasteiger partial charge in [-0.25, -0.2) is 0 Å². The Morgan fingerprint density at radius 3 is 2.55 bits per heavy atom. The van der Waals surface area contributed by atoms with E-state index in [9.17, 15) is 4.79 Å². The van der Waals surface area contributed by atoms with Crippen LogP contribution in [0.25, 0.3) is 10.9 Å². The van der Waals surface area contributed by atoms with Gasteiger partial charge in [-0.3, -0.25) is 4.79 Å². The van der Waals surface area contributed by atoms with Gasteiger partial charge in [0.25, 0.3) is 0 Å². The van der Waals surface area contributed by atoms with Crippen molar-refractivity contribution in [2.24, 2.45) is 16.9 Å². The average molecular weight is 273 g/mol. The molecule has 0 saturated carbocycles. The lowest BCUT2D eigenvalue weighted by Gasteiger charge is -2.13. The molecule has 1 aromatic heterocycles. The lowest BCUT2D eigenvalue weighted by Crippen LogP contribution is -2.29. The molecule has 20 heavy (non-hydrogen) atoms. The molecule has 5 N–H and O–H groups in total. The fourth-order valence-electron chi connectivity index (χ4n) is 1.66. The van der Waals surface area contributed by atoms with Crippen molar-refractivity contribution in [2.75, 3.05) is 6.54 Å². The Kier molecular flexibility index (Phi) is 5.53. The van der Waals surface area contributed by atoms with Gasteiger partial charge in [-0.05, 0) is 32.4 Å². The molecule has 4 nitrogen and oxygen atoms in total. The lowest BCUT2D eigenvalue weighted by atomic mass is 9.92. The Morgan fingerprint density at radius 2 is 2.00 bits per heavy atom. The van der Waals surface area contributed by atoms with Crippen molar-refractivity contribution >= 4 is 16.8 Å². The highest BCUT2D eigenvalue weighted by Crippen LogP contribution is 2.15. The summed E-state index contributed by atoms with van der Waals surface area (Å²) < 4.78 is 0. The number of fused-ring (bicyclic) bond motifs is 1. The summed E-state index contributed by atoms with van der Waals surface area (Å²) in [6, 6.07) is 8.31. The van der Waals surface area contributed by atoms with Gasteiger partial charge in [0.05, 0.1) is 5.41 Å². The van der Waals surface area contributed by atoms with E-state index in [1.165, 1.54) is 16.5 Å². The van der Waals surface area contributed by atoms with Crippen LogP contribution in [0.15, 0.2) is 42.6 Å². The zero-order valence-corrected chi connectivity index (χ0v) is 12.3. The largest absolute Gasteiger partial charge is 0.369 e. The van der Waals surface area contributed by atoms with E-state index in [1.54, 1.807) is 26.0 Å². The Balaban J connectivity index is 0.000000200. The van der Waals surface area contributed by atoms with Gasteiger partial charge in [-0.1, -0.05) is 30.4 Å². The number of rotatable bonds is 3. The number of carbonyl (C=O) groups excluding carboxylic acids is 1. The van der Waals surface area contributed by atoms with E-state index in [2.05, 4.69) is 30.1 Å². The van der Waals surface area contributed by atoms with Crippen LogP contribution in [0.3, 0.4) is 0 Å². The summed E-state index contributed by atoms with van der Waals surface area (Å²) >= 11 is 0. The number of H-pyrrole nitrogens is 1. The highest BCUT2D eigenvalue weighted by atomic mass is 16.1. The highest BCUT2D eigenvalue weighted by Gasteiger charge is 2.20. The Bertz CT molecular complexity index is 597. The second-order valence-electron chi connectivity index (χ2n) is 5.24. The van der Waals surface area contributed by atoms with Crippen molar-refractivity contribution in [2.45, 2.75) is 20.8 Å². The number of primary amides is 1. The first-order valence-electron chi connectivity index (χ1n) is 6.59. The van der Waals surface area contributed by atoms with Crippen LogP contribution in [0.1, 0.15) is 19.4 Å². The van der Waals surface area contributed by atoms with Crippen LogP contribution in [-0.2, 0) is 4.79 Å². The third kappa shape index (κ3) is 4.24. The molecule has 1 aromatic carbocycles. The summed E-state index contributed by atoms with van der Waals surface area (Å²) in [5.41, 5.74) is 12.2. The first kappa shape index (κ1) is 16.0. The molecule has 0 spiro atoms. The first-order valence-corrected chi connectivity index (χ1v) is 6.59. The number of nitrogens with two attached hydrogens (primary N) is 2. The van der Waals surface area contributed by atoms with Gasteiger partial charge in [0, 0.05) is 23.6 Å². The van der Waals surface area contributed by atoms with Gasteiger partial charge in [0.1, 0.15) is 0 Å². The van der Waals surface area contributed by atoms with Crippen LogP contribution >= 0.6 is 0 Å². The third-order valence-electron chi connectivity index (χ3n) is 3.10. The predicted octanol–water partition coefficient (Wildman–Crippen LogP) is 2.49. The van der Waals surface area contributed by atoms with Gasteiger partial charge in [-0.15, -0.1) is 0 Å². The summed E-state index contributed by atoms with van der Waals surface area (Å²) in [7, 11) is 0. The number of hydrogen-bond acceptors (Lipinski definition) is 2. The van der Waals surface area contributed by atoms with Crippen molar-refractivity contribution in [3.63, 3.8) is 0 Å². The van der Waals surface area contributed by atoms with E-state index in [0.717, 1.165) is 0 Å². The molecular weight excluding hydrogens is 250 g/mol. The number of hydrogen-bond donors (Lipinski definition) is 3. The SMILES string of the molecule is CC(C)(/C=C/CN)C(N)=O.Cc1c[nH]c2ccccc12. The molecule has 0 aliphatic heterocycles. The van der Waals surface area contributed by atoms with Gasteiger partial charge in [0.2, 0.25) is 5.91 Å². The molecule has 0 aliphatic carbocycles. The van der Waals surface area contributed by atoms with Crippen LogP contribution in [0.4, 0.5) is 0 Å². The van der Waals surface area contributed by atoms with Gasteiger partial charge >= 0.3 is 0 Å². The molecular formula is C16H23N3O. The molecule has 0 saturated heterocycles. The second kappa shape index (κ2) is 6.91. The van der Waals surface area contributed by atoms with Crippen molar-refractivity contribution in [3.8, 4) is 0 Å². The summed E-state index contributed by atoms with van der Waals surface area (Å²) in [6.07, 6.45) is 5.48. The topological polar surface area (TPSA) is 84.9 Å². The minimum absolute atomic E-state index is 0.336. The van der Waals surface area contributed by atoms with E-state index in [1.807, 2.05) is 12.3 Å². The van der Waals surface area contributed by atoms with Crippen LogP contribution < -0.4 is 11.5 Å². The van der Waals surface area contributed by atoms with Crippen molar-refractivity contribution in [1.29, 1.82) is 0 Å². The molecule has 0 unspecified atom stereocenters. The number of carbonyl (C=O) groups is 1. The standard InChI is InChI=1S/C9H9N.C7H14N2O/c1-7-6-10-9-5-3-2-4-8(7)9;1-7(2,6(9)10)4-3-5-8/h2-6,10H,1H3;3-4H,5,8H2,1-2H3,(H2,9,10)/b;4-3+. The molecule has 4 heteroatoms. The number of para-hydroxylation sites is 1. The van der Waals surface area contributed by atoms with Crippen molar-refractivity contribution < 1.29 is 4.79 Å². The minimum Gasteiger partial charge on any atom is -0.369 e. The van der Waals surface area contributed by atoms with Crippen molar-refractivity contribution in [3.05, 3.63) is 48.2 Å². The van der Waals surface area contributed by atoms with Crippen LogP contribution in [-0.4, -0.2) is 17.4 Å².